The van der Waals surface area contributed by atoms with Crippen LogP contribution >= 0.6 is 0 Å². The predicted molar refractivity (Wildman–Crippen MR) is 76.2 cm³/mol. The van der Waals surface area contributed by atoms with Crippen molar-refractivity contribution in [3.63, 3.8) is 0 Å². The van der Waals surface area contributed by atoms with Crippen molar-refractivity contribution in [2.45, 2.75) is 39.3 Å². The summed E-state index contributed by atoms with van der Waals surface area (Å²) in [6.45, 7) is 8.61. The highest BCUT2D eigenvalue weighted by Crippen LogP contribution is 2.23. The number of nitrogens with zero attached hydrogens (tertiary/aromatic N) is 1. The molecule has 1 saturated heterocycles. The molecule has 100 valence electrons. The number of aliphatic hydroxyl groups is 1. The Hall–Kier alpha value is -1.06. The minimum Gasteiger partial charge on any atom is -0.395 e. The molecular formula is C15H24N2O. The SMILES string of the molecule is Cc1ccc(N2CCC(C)NC(CO)C2)c(C)c1. The average molecular weight is 248 g/mol. The first-order valence-electron chi connectivity index (χ1n) is 6.79. The molecule has 0 bridgehead atoms. The lowest BCUT2D eigenvalue weighted by Crippen LogP contribution is -2.42. The molecular weight excluding hydrogens is 224 g/mol. The van der Waals surface area contributed by atoms with Crippen LogP contribution < -0.4 is 10.2 Å². The Morgan fingerprint density at radius 2 is 2.17 bits per heavy atom. The van der Waals surface area contributed by atoms with Crippen molar-refractivity contribution in [1.29, 1.82) is 0 Å². The summed E-state index contributed by atoms with van der Waals surface area (Å²) >= 11 is 0. The second-order valence-corrected chi connectivity index (χ2v) is 5.47. The van der Waals surface area contributed by atoms with Gasteiger partial charge in [-0.25, -0.2) is 0 Å². The van der Waals surface area contributed by atoms with E-state index in [9.17, 15) is 5.11 Å². The highest BCUT2D eigenvalue weighted by molar-refractivity contribution is 5.54. The standard InChI is InChI=1S/C15H24N2O/c1-11-4-5-15(12(2)8-11)17-7-6-13(3)16-14(9-17)10-18/h4-5,8,13-14,16,18H,6-7,9-10H2,1-3H3. The molecule has 1 aliphatic rings. The van der Waals surface area contributed by atoms with E-state index in [4.69, 9.17) is 0 Å². The summed E-state index contributed by atoms with van der Waals surface area (Å²) in [7, 11) is 0. The Labute approximate surface area is 110 Å². The zero-order valence-corrected chi connectivity index (χ0v) is 11.6. The van der Waals surface area contributed by atoms with Crippen LogP contribution in [-0.2, 0) is 0 Å². The van der Waals surface area contributed by atoms with Gasteiger partial charge in [0.25, 0.3) is 0 Å². The van der Waals surface area contributed by atoms with Gasteiger partial charge >= 0.3 is 0 Å². The first kappa shape index (κ1) is 13.4. The van der Waals surface area contributed by atoms with Crippen LogP contribution in [0.4, 0.5) is 5.69 Å². The molecule has 1 aromatic carbocycles. The van der Waals surface area contributed by atoms with E-state index in [1.807, 2.05) is 0 Å². The lowest BCUT2D eigenvalue weighted by molar-refractivity contribution is 0.240. The highest BCUT2D eigenvalue weighted by atomic mass is 16.3. The van der Waals surface area contributed by atoms with Crippen LogP contribution in [0.5, 0.6) is 0 Å². The summed E-state index contributed by atoms with van der Waals surface area (Å²) in [6, 6.07) is 7.24. The Morgan fingerprint density at radius 3 is 2.83 bits per heavy atom. The van der Waals surface area contributed by atoms with Gasteiger partial charge in [0.2, 0.25) is 0 Å². The molecule has 1 aliphatic heterocycles. The van der Waals surface area contributed by atoms with E-state index in [0.717, 1.165) is 19.5 Å². The van der Waals surface area contributed by atoms with E-state index >= 15 is 0 Å². The van der Waals surface area contributed by atoms with Gasteiger partial charge < -0.3 is 15.3 Å². The van der Waals surface area contributed by atoms with E-state index in [2.05, 4.69) is 49.2 Å². The molecule has 0 aliphatic carbocycles. The number of benzene rings is 1. The van der Waals surface area contributed by atoms with Gasteiger partial charge in [0.05, 0.1) is 6.61 Å². The van der Waals surface area contributed by atoms with Crippen LogP contribution in [0.1, 0.15) is 24.5 Å². The Balaban J connectivity index is 2.20. The molecule has 3 nitrogen and oxygen atoms in total. The van der Waals surface area contributed by atoms with E-state index in [1.54, 1.807) is 0 Å². The Morgan fingerprint density at radius 1 is 1.39 bits per heavy atom. The number of aliphatic hydroxyl groups excluding tert-OH is 1. The van der Waals surface area contributed by atoms with Crippen molar-refractivity contribution in [2.24, 2.45) is 0 Å². The maximum Gasteiger partial charge on any atom is 0.0602 e. The molecule has 2 unspecified atom stereocenters. The fourth-order valence-electron chi connectivity index (χ4n) is 2.73. The molecule has 2 atom stereocenters. The van der Waals surface area contributed by atoms with Crippen LogP contribution in [0.15, 0.2) is 18.2 Å². The van der Waals surface area contributed by atoms with Crippen molar-refractivity contribution >= 4 is 5.69 Å². The molecule has 0 saturated carbocycles. The van der Waals surface area contributed by atoms with E-state index in [1.165, 1.54) is 16.8 Å². The molecule has 0 radical (unpaired) electrons. The molecule has 0 aromatic heterocycles. The van der Waals surface area contributed by atoms with Gasteiger partial charge in [-0.3, -0.25) is 0 Å². The van der Waals surface area contributed by atoms with Crippen LogP contribution in [0.3, 0.4) is 0 Å². The fourth-order valence-corrected chi connectivity index (χ4v) is 2.73. The minimum absolute atomic E-state index is 0.170. The van der Waals surface area contributed by atoms with Crippen LogP contribution in [0, 0.1) is 13.8 Å². The van der Waals surface area contributed by atoms with Crippen molar-refractivity contribution < 1.29 is 5.11 Å². The third-order valence-electron chi connectivity index (χ3n) is 3.71. The maximum atomic E-state index is 9.42. The molecule has 3 heteroatoms. The number of hydrogen-bond donors (Lipinski definition) is 2. The zero-order valence-electron chi connectivity index (χ0n) is 11.6. The fraction of sp³-hybridized carbons (Fsp3) is 0.600. The van der Waals surface area contributed by atoms with Gasteiger partial charge in [0.1, 0.15) is 0 Å². The number of rotatable bonds is 2. The van der Waals surface area contributed by atoms with Gasteiger partial charge in [0, 0.05) is 30.9 Å². The smallest absolute Gasteiger partial charge is 0.0602 e. The van der Waals surface area contributed by atoms with Gasteiger partial charge in [-0.05, 0) is 38.8 Å². The molecule has 1 aromatic rings. The molecule has 0 spiro atoms. The average Bonchev–Trinajstić information content (AvgIpc) is 2.51. The van der Waals surface area contributed by atoms with Gasteiger partial charge in [-0.2, -0.15) is 0 Å². The topological polar surface area (TPSA) is 35.5 Å². The number of anilines is 1. The summed E-state index contributed by atoms with van der Waals surface area (Å²) in [5, 5.41) is 12.9. The zero-order chi connectivity index (χ0) is 13.1. The van der Waals surface area contributed by atoms with Crippen molar-refractivity contribution in [3.8, 4) is 0 Å². The molecule has 2 rings (SSSR count). The molecule has 2 N–H and O–H groups in total. The van der Waals surface area contributed by atoms with E-state index < -0.39 is 0 Å². The third-order valence-corrected chi connectivity index (χ3v) is 3.71. The molecule has 0 amide bonds. The first-order chi connectivity index (χ1) is 8.60. The summed E-state index contributed by atoms with van der Waals surface area (Å²) in [4.78, 5) is 2.40. The molecule has 1 heterocycles. The van der Waals surface area contributed by atoms with Crippen LogP contribution in [0.2, 0.25) is 0 Å². The summed E-state index contributed by atoms with van der Waals surface area (Å²) in [6.07, 6.45) is 1.11. The first-order valence-corrected chi connectivity index (χ1v) is 6.79. The minimum atomic E-state index is 0.170. The van der Waals surface area contributed by atoms with Crippen molar-refractivity contribution in [1.82, 2.24) is 5.32 Å². The van der Waals surface area contributed by atoms with E-state index in [0.29, 0.717) is 6.04 Å². The third kappa shape index (κ3) is 3.03. The monoisotopic (exact) mass is 248 g/mol. The quantitative estimate of drug-likeness (QED) is 0.838. The number of nitrogens with one attached hydrogen (secondary N) is 1. The summed E-state index contributed by atoms with van der Waals surface area (Å²) < 4.78 is 0. The normalized spacial score (nSPS) is 25.0. The van der Waals surface area contributed by atoms with Crippen LogP contribution in [-0.4, -0.2) is 36.9 Å². The van der Waals surface area contributed by atoms with Gasteiger partial charge in [-0.15, -0.1) is 0 Å². The Bertz CT molecular complexity index is 405. The Kier molecular flexibility index (Phi) is 4.25. The largest absolute Gasteiger partial charge is 0.395 e. The second kappa shape index (κ2) is 5.72. The summed E-state index contributed by atoms with van der Waals surface area (Å²) in [5.41, 5.74) is 3.92. The lowest BCUT2D eigenvalue weighted by Gasteiger charge is -2.27. The number of hydrogen-bond acceptors (Lipinski definition) is 3. The van der Waals surface area contributed by atoms with Gasteiger partial charge in [0.15, 0.2) is 0 Å². The van der Waals surface area contributed by atoms with E-state index in [-0.39, 0.29) is 12.6 Å². The second-order valence-electron chi connectivity index (χ2n) is 5.47. The molecule has 18 heavy (non-hydrogen) atoms. The lowest BCUT2D eigenvalue weighted by atomic mass is 10.1. The predicted octanol–water partition coefficient (Wildman–Crippen LogP) is 1.85. The summed E-state index contributed by atoms with van der Waals surface area (Å²) in [5.74, 6) is 0. The van der Waals surface area contributed by atoms with Gasteiger partial charge in [-0.1, -0.05) is 17.7 Å². The number of aryl methyl sites for hydroxylation is 2. The highest BCUT2D eigenvalue weighted by Gasteiger charge is 2.21. The van der Waals surface area contributed by atoms with Crippen molar-refractivity contribution in [3.05, 3.63) is 29.3 Å². The molecule has 1 fully saturated rings. The maximum absolute atomic E-state index is 9.42. The van der Waals surface area contributed by atoms with Crippen molar-refractivity contribution in [2.75, 3.05) is 24.6 Å². The van der Waals surface area contributed by atoms with Crippen LogP contribution in [0.25, 0.3) is 0 Å².